The number of H-pyrrole nitrogens is 2. The SMILES string of the molecule is C1=Cc2cc3cc(-c4cc5ccccc5c5ccccc45)c(cc4nc(cc5ccc(cc1n2)[nH]5)C=C4)[nH]3.[Co]. The Morgan fingerprint density at radius 2 is 1.00 bits per heavy atom. The van der Waals surface area contributed by atoms with Crippen LogP contribution in [0, 0.1) is 0 Å². The van der Waals surface area contributed by atoms with Gasteiger partial charge in [0.15, 0.2) is 0 Å². The first-order valence-electron chi connectivity index (χ1n) is 12.7. The van der Waals surface area contributed by atoms with Gasteiger partial charge >= 0.3 is 0 Å². The van der Waals surface area contributed by atoms with Crippen LogP contribution in [0.2, 0.25) is 0 Å². The number of nitrogens with one attached hydrogen (secondary N) is 2. The third-order valence-corrected chi connectivity index (χ3v) is 7.23. The molecule has 8 bridgehead atoms. The smallest absolute Gasteiger partial charge is 0.0658 e. The van der Waals surface area contributed by atoms with Crippen molar-refractivity contribution < 1.29 is 16.8 Å². The quantitative estimate of drug-likeness (QED) is 0.203. The molecule has 5 heterocycles. The fraction of sp³-hybridized carbons (Fsp3) is 0. The zero-order valence-electron chi connectivity index (χ0n) is 20.8. The minimum absolute atomic E-state index is 0. The predicted octanol–water partition coefficient (Wildman–Crippen LogP) is 8.63. The Morgan fingerprint density at radius 3 is 1.69 bits per heavy atom. The molecule has 0 saturated carbocycles. The van der Waals surface area contributed by atoms with Crippen molar-refractivity contribution in [1.29, 1.82) is 0 Å². The first-order valence-corrected chi connectivity index (χ1v) is 12.7. The van der Waals surface area contributed by atoms with E-state index in [9.17, 15) is 0 Å². The van der Waals surface area contributed by atoms with Crippen LogP contribution in [0.4, 0.5) is 0 Å². The van der Waals surface area contributed by atoms with Crippen molar-refractivity contribution in [2.24, 2.45) is 0 Å². The van der Waals surface area contributed by atoms with Crippen molar-refractivity contribution in [2.45, 2.75) is 0 Å². The van der Waals surface area contributed by atoms with E-state index in [0.717, 1.165) is 50.4 Å². The van der Waals surface area contributed by atoms with Crippen LogP contribution < -0.4 is 0 Å². The van der Waals surface area contributed by atoms with Crippen molar-refractivity contribution in [1.82, 2.24) is 19.9 Å². The zero-order chi connectivity index (χ0) is 25.1. The van der Waals surface area contributed by atoms with Gasteiger partial charge in [-0.05, 0) is 99.9 Å². The normalized spacial score (nSPS) is 12.2. The van der Waals surface area contributed by atoms with E-state index in [-0.39, 0.29) is 16.8 Å². The molecule has 0 amide bonds. The molecule has 0 unspecified atom stereocenters. The number of rotatable bonds is 1. The molecular formula is C34H22CoN4. The standard InChI is InChI=1S/C34H22N4.Co/c1-2-6-29-21(5-1)15-32(31-8-4-3-7-30(29)31)33-19-28-18-26-12-11-24(36-26)16-22-9-10-23(35-22)17-25-13-14-27(37-25)20-34(33)38-28;/h1-20,35,38H;. The van der Waals surface area contributed by atoms with E-state index in [1.54, 1.807) is 0 Å². The van der Waals surface area contributed by atoms with Crippen LogP contribution >= 0.6 is 0 Å². The van der Waals surface area contributed by atoms with Crippen LogP contribution in [0.25, 0.3) is 79.0 Å². The minimum atomic E-state index is 0. The average Bonchev–Trinajstić information content (AvgIpc) is 3.74. The van der Waals surface area contributed by atoms with Crippen LogP contribution in [-0.4, -0.2) is 19.9 Å². The molecule has 3 aromatic carbocycles. The number of aromatic amines is 2. The van der Waals surface area contributed by atoms with Crippen LogP contribution in [0.5, 0.6) is 0 Å². The van der Waals surface area contributed by atoms with Crippen LogP contribution in [0.3, 0.4) is 0 Å². The number of nitrogens with zero attached hydrogens (tertiary/aromatic N) is 2. The number of hydrogen-bond acceptors (Lipinski definition) is 2. The number of fused-ring (bicyclic) bond motifs is 11. The number of benzene rings is 3. The summed E-state index contributed by atoms with van der Waals surface area (Å²) >= 11 is 0. The Bertz CT molecular complexity index is 2150. The van der Waals surface area contributed by atoms with Gasteiger partial charge in [0.05, 0.1) is 22.8 Å². The van der Waals surface area contributed by atoms with E-state index in [4.69, 9.17) is 9.97 Å². The third-order valence-electron chi connectivity index (χ3n) is 7.23. The van der Waals surface area contributed by atoms with Gasteiger partial charge in [0.1, 0.15) is 0 Å². The monoisotopic (exact) mass is 545 g/mol. The molecule has 39 heavy (non-hydrogen) atoms. The molecule has 2 aliphatic heterocycles. The van der Waals surface area contributed by atoms with Gasteiger partial charge in [0.25, 0.3) is 0 Å². The molecule has 0 aliphatic carbocycles. The summed E-state index contributed by atoms with van der Waals surface area (Å²) in [6, 6.07) is 34.3. The van der Waals surface area contributed by atoms with Crippen LogP contribution in [0.15, 0.2) is 97.1 Å². The summed E-state index contributed by atoms with van der Waals surface area (Å²) in [5.41, 5.74) is 10.0. The van der Waals surface area contributed by atoms with Gasteiger partial charge in [-0.1, -0.05) is 48.5 Å². The first-order chi connectivity index (χ1) is 18.7. The van der Waals surface area contributed by atoms with Gasteiger partial charge in [-0.15, -0.1) is 0 Å². The van der Waals surface area contributed by atoms with E-state index in [0.29, 0.717) is 0 Å². The fourth-order valence-electron chi connectivity index (χ4n) is 5.52. The summed E-state index contributed by atoms with van der Waals surface area (Å²) in [7, 11) is 0. The second kappa shape index (κ2) is 9.24. The molecule has 8 rings (SSSR count). The topological polar surface area (TPSA) is 57.4 Å². The van der Waals surface area contributed by atoms with E-state index in [1.807, 2.05) is 6.08 Å². The molecular weight excluding hydrogens is 523 g/mol. The van der Waals surface area contributed by atoms with Gasteiger partial charge in [0, 0.05) is 44.4 Å². The van der Waals surface area contributed by atoms with Crippen molar-refractivity contribution in [3.05, 3.63) is 120 Å². The molecule has 4 nitrogen and oxygen atoms in total. The van der Waals surface area contributed by atoms with E-state index in [2.05, 4.69) is 125 Å². The van der Waals surface area contributed by atoms with E-state index < -0.39 is 0 Å². The second-order valence-corrected chi connectivity index (χ2v) is 9.78. The summed E-state index contributed by atoms with van der Waals surface area (Å²) in [5.74, 6) is 0. The molecule has 5 heteroatoms. The van der Waals surface area contributed by atoms with Crippen molar-refractivity contribution in [3.63, 3.8) is 0 Å². The second-order valence-electron chi connectivity index (χ2n) is 9.78. The molecule has 0 spiro atoms. The Kier molecular flexibility index (Phi) is 5.54. The summed E-state index contributed by atoms with van der Waals surface area (Å²) in [6.45, 7) is 0. The minimum Gasteiger partial charge on any atom is -0.355 e. The van der Waals surface area contributed by atoms with Crippen molar-refractivity contribution >= 4 is 67.9 Å². The first kappa shape index (κ1) is 23.4. The zero-order valence-corrected chi connectivity index (χ0v) is 21.8. The van der Waals surface area contributed by atoms with Gasteiger partial charge in [-0.25, -0.2) is 9.97 Å². The molecule has 1 radical (unpaired) electrons. The summed E-state index contributed by atoms with van der Waals surface area (Å²) in [4.78, 5) is 16.8. The van der Waals surface area contributed by atoms with Gasteiger partial charge < -0.3 is 9.97 Å². The van der Waals surface area contributed by atoms with E-state index in [1.165, 1.54) is 27.1 Å². The maximum atomic E-state index is 4.88. The van der Waals surface area contributed by atoms with Gasteiger partial charge in [0.2, 0.25) is 0 Å². The Morgan fingerprint density at radius 1 is 0.436 bits per heavy atom. The van der Waals surface area contributed by atoms with Gasteiger partial charge in [-0.3, -0.25) is 0 Å². The third kappa shape index (κ3) is 4.18. The average molecular weight is 546 g/mol. The molecule has 0 fully saturated rings. The van der Waals surface area contributed by atoms with Crippen molar-refractivity contribution in [2.75, 3.05) is 0 Å². The summed E-state index contributed by atoms with van der Waals surface area (Å²) < 4.78 is 0. The maximum absolute atomic E-state index is 4.88. The molecule has 187 valence electrons. The summed E-state index contributed by atoms with van der Waals surface area (Å²) in [5, 5.41) is 4.97. The summed E-state index contributed by atoms with van der Waals surface area (Å²) in [6.07, 6.45) is 8.23. The van der Waals surface area contributed by atoms with E-state index >= 15 is 0 Å². The van der Waals surface area contributed by atoms with Crippen LogP contribution in [0.1, 0.15) is 22.8 Å². The molecule has 0 saturated heterocycles. The molecule has 2 aliphatic rings. The molecule has 2 N–H and O–H groups in total. The Hall–Kier alpha value is -4.71. The molecule has 0 atom stereocenters. The fourth-order valence-corrected chi connectivity index (χ4v) is 5.52. The van der Waals surface area contributed by atoms with Crippen molar-refractivity contribution in [3.8, 4) is 11.1 Å². The molecule has 3 aromatic heterocycles. The maximum Gasteiger partial charge on any atom is 0.0658 e. The number of aromatic nitrogens is 4. The number of hydrogen-bond donors (Lipinski definition) is 2. The Labute approximate surface area is 235 Å². The van der Waals surface area contributed by atoms with Gasteiger partial charge in [-0.2, -0.15) is 0 Å². The Balaban J connectivity index is 0.00000253. The van der Waals surface area contributed by atoms with Crippen LogP contribution in [-0.2, 0) is 16.8 Å². The molecule has 6 aromatic rings. The largest absolute Gasteiger partial charge is 0.355 e. The predicted molar refractivity (Wildman–Crippen MR) is 159 cm³/mol.